The molecule has 1 aromatic rings. The van der Waals surface area contributed by atoms with Gasteiger partial charge in [0.15, 0.2) is 12.6 Å². The summed E-state index contributed by atoms with van der Waals surface area (Å²) >= 11 is 0. The third-order valence-electron chi connectivity index (χ3n) is 1.88. The first-order valence-electron chi connectivity index (χ1n) is 4.46. The molecule has 1 aromatic carbocycles. The van der Waals surface area contributed by atoms with Crippen LogP contribution in [0.5, 0.6) is 5.75 Å². The SMILES string of the molecule is CC(=O)Oc1ccc(C(O)O)c(C(O)O)c1. The topological polar surface area (TPSA) is 107 Å². The van der Waals surface area contributed by atoms with Gasteiger partial charge < -0.3 is 25.2 Å². The molecule has 16 heavy (non-hydrogen) atoms. The lowest BCUT2D eigenvalue weighted by Gasteiger charge is -2.14. The maximum absolute atomic E-state index is 10.7. The fourth-order valence-corrected chi connectivity index (χ4v) is 1.24. The zero-order valence-electron chi connectivity index (χ0n) is 8.49. The normalized spacial score (nSPS) is 10.9. The Labute approximate surface area is 91.3 Å². The van der Waals surface area contributed by atoms with Crippen molar-refractivity contribution in [2.45, 2.75) is 19.5 Å². The van der Waals surface area contributed by atoms with Crippen LogP contribution >= 0.6 is 0 Å². The molecule has 6 nitrogen and oxygen atoms in total. The number of hydrogen-bond donors (Lipinski definition) is 4. The molecule has 0 atom stereocenters. The molecular weight excluding hydrogens is 216 g/mol. The van der Waals surface area contributed by atoms with Gasteiger partial charge in [0.05, 0.1) is 0 Å². The summed E-state index contributed by atoms with van der Waals surface area (Å²) in [5.74, 6) is -0.462. The number of carbonyl (C=O) groups is 1. The van der Waals surface area contributed by atoms with Crippen molar-refractivity contribution in [3.8, 4) is 5.75 Å². The molecule has 0 aliphatic carbocycles. The van der Waals surface area contributed by atoms with Crippen LogP contribution in [0.15, 0.2) is 18.2 Å². The molecule has 88 valence electrons. The molecule has 0 heterocycles. The van der Waals surface area contributed by atoms with Crippen molar-refractivity contribution in [1.29, 1.82) is 0 Å². The van der Waals surface area contributed by atoms with Gasteiger partial charge in [-0.05, 0) is 18.2 Å². The van der Waals surface area contributed by atoms with Gasteiger partial charge in [0, 0.05) is 18.1 Å². The van der Waals surface area contributed by atoms with Crippen molar-refractivity contribution >= 4 is 5.97 Å². The van der Waals surface area contributed by atoms with E-state index in [0.717, 1.165) is 6.07 Å². The maximum atomic E-state index is 10.7. The van der Waals surface area contributed by atoms with Gasteiger partial charge in [-0.25, -0.2) is 0 Å². The Morgan fingerprint density at radius 1 is 1.12 bits per heavy atom. The summed E-state index contributed by atoms with van der Waals surface area (Å²) in [5, 5.41) is 35.9. The molecule has 0 saturated carbocycles. The van der Waals surface area contributed by atoms with Crippen molar-refractivity contribution in [2.75, 3.05) is 0 Å². The average Bonchev–Trinajstić information content (AvgIpc) is 2.16. The molecule has 0 fully saturated rings. The number of hydrogen-bond acceptors (Lipinski definition) is 6. The van der Waals surface area contributed by atoms with E-state index in [1.54, 1.807) is 0 Å². The summed E-state index contributed by atoms with van der Waals surface area (Å²) in [6.07, 6.45) is -3.71. The smallest absolute Gasteiger partial charge is 0.308 e. The number of aliphatic hydroxyl groups is 4. The minimum Gasteiger partial charge on any atom is -0.427 e. The molecular formula is C10H12O6. The van der Waals surface area contributed by atoms with Gasteiger partial charge in [0.2, 0.25) is 0 Å². The predicted octanol–water partition coefficient (Wildman–Crippen LogP) is -0.422. The Morgan fingerprint density at radius 3 is 2.12 bits per heavy atom. The summed E-state index contributed by atoms with van der Waals surface area (Å²) < 4.78 is 4.72. The number of carbonyl (C=O) groups excluding carboxylic acids is 1. The molecule has 0 aromatic heterocycles. The van der Waals surface area contributed by atoms with Crippen LogP contribution in [-0.4, -0.2) is 26.4 Å². The molecule has 0 radical (unpaired) electrons. The van der Waals surface area contributed by atoms with E-state index in [-0.39, 0.29) is 16.9 Å². The van der Waals surface area contributed by atoms with Gasteiger partial charge in [0.25, 0.3) is 0 Å². The van der Waals surface area contributed by atoms with E-state index in [1.165, 1.54) is 19.1 Å². The van der Waals surface area contributed by atoms with E-state index >= 15 is 0 Å². The number of aliphatic hydroxyl groups excluding tert-OH is 2. The van der Waals surface area contributed by atoms with Crippen LogP contribution in [-0.2, 0) is 4.79 Å². The average molecular weight is 228 g/mol. The lowest BCUT2D eigenvalue weighted by Crippen LogP contribution is -2.08. The Morgan fingerprint density at radius 2 is 1.69 bits per heavy atom. The van der Waals surface area contributed by atoms with Gasteiger partial charge >= 0.3 is 5.97 Å². The molecule has 6 heteroatoms. The summed E-state index contributed by atoms with van der Waals surface area (Å²) in [6, 6.07) is 3.71. The first-order chi connectivity index (χ1) is 7.41. The van der Waals surface area contributed by atoms with Gasteiger partial charge in [0.1, 0.15) is 5.75 Å². The van der Waals surface area contributed by atoms with E-state index < -0.39 is 18.5 Å². The molecule has 0 saturated heterocycles. The second kappa shape index (κ2) is 5.04. The first-order valence-corrected chi connectivity index (χ1v) is 4.46. The molecule has 0 unspecified atom stereocenters. The molecule has 4 N–H and O–H groups in total. The fourth-order valence-electron chi connectivity index (χ4n) is 1.24. The van der Waals surface area contributed by atoms with E-state index in [2.05, 4.69) is 0 Å². The van der Waals surface area contributed by atoms with Crippen LogP contribution in [0.1, 0.15) is 30.6 Å². The van der Waals surface area contributed by atoms with Gasteiger partial charge in [-0.1, -0.05) is 0 Å². The van der Waals surface area contributed by atoms with Crippen molar-refractivity contribution in [3.05, 3.63) is 29.3 Å². The zero-order chi connectivity index (χ0) is 12.3. The van der Waals surface area contributed by atoms with E-state index in [0.29, 0.717) is 0 Å². The second-order valence-electron chi connectivity index (χ2n) is 3.13. The first kappa shape index (κ1) is 12.6. The fraction of sp³-hybridized carbons (Fsp3) is 0.300. The van der Waals surface area contributed by atoms with Crippen molar-refractivity contribution in [1.82, 2.24) is 0 Å². The van der Waals surface area contributed by atoms with Crippen molar-refractivity contribution in [3.63, 3.8) is 0 Å². The molecule has 0 spiro atoms. The third-order valence-corrected chi connectivity index (χ3v) is 1.88. The van der Waals surface area contributed by atoms with Gasteiger partial charge in [-0.3, -0.25) is 4.79 Å². The highest BCUT2D eigenvalue weighted by atomic mass is 16.5. The predicted molar refractivity (Wildman–Crippen MR) is 52.1 cm³/mol. The third kappa shape index (κ3) is 3.01. The molecule has 0 amide bonds. The van der Waals surface area contributed by atoms with Crippen LogP contribution in [0, 0.1) is 0 Å². The minimum atomic E-state index is -1.88. The lowest BCUT2D eigenvalue weighted by atomic mass is 10.1. The van der Waals surface area contributed by atoms with Gasteiger partial charge in [-0.15, -0.1) is 0 Å². The molecule has 0 bridgehead atoms. The molecule has 1 rings (SSSR count). The number of rotatable bonds is 3. The summed E-state index contributed by atoms with van der Waals surface area (Å²) in [4.78, 5) is 10.7. The lowest BCUT2D eigenvalue weighted by molar-refractivity contribution is -0.131. The van der Waals surface area contributed by atoms with E-state index in [9.17, 15) is 4.79 Å². The minimum absolute atomic E-state index is 0.0640. The van der Waals surface area contributed by atoms with Crippen molar-refractivity contribution < 1.29 is 30.0 Å². The largest absolute Gasteiger partial charge is 0.427 e. The Balaban J connectivity index is 3.12. The molecule has 0 aliphatic rings. The standard InChI is InChI=1S/C10H12O6/c1-5(11)16-6-2-3-7(9(12)13)8(4-6)10(14)15/h2-4,9-10,12-15H,1H3. The Kier molecular flexibility index (Phi) is 3.97. The van der Waals surface area contributed by atoms with Crippen molar-refractivity contribution in [2.24, 2.45) is 0 Å². The number of ether oxygens (including phenoxy) is 1. The summed E-state index contributed by atoms with van der Waals surface area (Å²) in [6.45, 7) is 1.20. The van der Waals surface area contributed by atoms with E-state index in [1.807, 2.05) is 0 Å². The highest BCUT2D eigenvalue weighted by Crippen LogP contribution is 2.26. The second-order valence-corrected chi connectivity index (χ2v) is 3.13. The Bertz CT molecular complexity index is 385. The highest BCUT2D eigenvalue weighted by molar-refractivity contribution is 5.69. The quantitative estimate of drug-likeness (QED) is 0.318. The maximum Gasteiger partial charge on any atom is 0.308 e. The van der Waals surface area contributed by atoms with Crippen LogP contribution in [0.2, 0.25) is 0 Å². The molecule has 0 aliphatic heterocycles. The van der Waals surface area contributed by atoms with Crippen LogP contribution in [0.4, 0.5) is 0 Å². The monoisotopic (exact) mass is 228 g/mol. The number of benzene rings is 1. The summed E-state index contributed by atoms with van der Waals surface area (Å²) in [7, 11) is 0. The van der Waals surface area contributed by atoms with Crippen LogP contribution in [0.3, 0.4) is 0 Å². The van der Waals surface area contributed by atoms with Gasteiger partial charge in [-0.2, -0.15) is 0 Å². The zero-order valence-corrected chi connectivity index (χ0v) is 8.49. The van der Waals surface area contributed by atoms with Crippen LogP contribution < -0.4 is 4.74 Å². The highest BCUT2D eigenvalue weighted by Gasteiger charge is 2.16. The van der Waals surface area contributed by atoms with Crippen LogP contribution in [0.25, 0.3) is 0 Å². The van der Waals surface area contributed by atoms with E-state index in [4.69, 9.17) is 25.2 Å². The Hall–Kier alpha value is -1.47. The number of esters is 1. The summed E-state index contributed by atoms with van der Waals surface area (Å²) in [5.41, 5.74) is -0.195.